The Morgan fingerprint density at radius 1 is 1.11 bits per heavy atom. The summed E-state index contributed by atoms with van der Waals surface area (Å²) >= 11 is 0. The molecule has 0 unspecified atom stereocenters. The number of pyridine rings is 1. The monoisotopic (exact) mass is 364 g/mol. The van der Waals surface area contributed by atoms with Gasteiger partial charge in [-0.3, -0.25) is 4.68 Å². The van der Waals surface area contributed by atoms with Gasteiger partial charge in [0.05, 0.1) is 12.1 Å². The van der Waals surface area contributed by atoms with Gasteiger partial charge in [0.15, 0.2) is 5.82 Å². The van der Waals surface area contributed by atoms with Crippen molar-refractivity contribution in [1.29, 1.82) is 0 Å². The molecule has 4 rings (SSSR count). The zero-order valence-electron chi connectivity index (χ0n) is 14.4. The second-order valence-corrected chi connectivity index (χ2v) is 5.95. The van der Waals surface area contributed by atoms with Crippen molar-refractivity contribution in [2.24, 2.45) is 0 Å². The third-order valence-corrected chi connectivity index (χ3v) is 3.96. The predicted octanol–water partition coefficient (Wildman–Crippen LogP) is 3.17. The van der Waals surface area contributed by atoms with Gasteiger partial charge in [-0.1, -0.05) is 17.3 Å². The normalized spacial score (nSPS) is 10.9. The number of anilines is 1. The Morgan fingerprint density at radius 2 is 2.00 bits per heavy atom. The fourth-order valence-corrected chi connectivity index (χ4v) is 2.58. The first-order valence-corrected chi connectivity index (χ1v) is 8.51. The van der Waals surface area contributed by atoms with E-state index in [1.54, 1.807) is 24.5 Å². The van der Waals surface area contributed by atoms with E-state index in [1.165, 1.54) is 12.1 Å². The Hall–Kier alpha value is -3.55. The second-order valence-electron chi connectivity index (χ2n) is 5.95. The van der Waals surface area contributed by atoms with Crippen LogP contribution in [0, 0.1) is 5.82 Å². The number of halogens is 1. The summed E-state index contributed by atoms with van der Waals surface area (Å²) in [6, 6.07) is 11.9. The summed E-state index contributed by atoms with van der Waals surface area (Å²) in [6.45, 7) is 1.48. The smallest absolute Gasteiger partial charge is 0.259 e. The summed E-state index contributed by atoms with van der Waals surface area (Å²) in [5.41, 5.74) is 1.66. The van der Waals surface area contributed by atoms with Gasteiger partial charge in [0.25, 0.3) is 5.89 Å². The van der Waals surface area contributed by atoms with Crippen LogP contribution in [-0.4, -0.2) is 31.4 Å². The Balaban J connectivity index is 1.36. The van der Waals surface area contributed by atoms with E-state index in [-0.39, 0.29) is 5.82 Å². The highest BCUT2D eigenvalue weighted by Gasteiger charge is 2.10. The van der Waals surface area contributed by atoms with Gasteiger partial charge < -0.3 is 9.84 Å². The minimum atomic E-state index is -0.267. The van der Waals surface area contributed by atoms with Crippen LogP contribution in [0.4, 0.5) is 10.2 Å². The molecule has 0 amide bonds. The second kappa shape index (κ2) is 7.77. The molecule has 0 spiro atoms. The average Bonchev–Trinajstić information content (AvgIpc) is 3.36. The summed E-state index contributed by atoms with van der Waals surface area (Å²) in [5.74, 6) is 1.44. The van der Waals surface area contributed by atoms with Crippen LogP contribution in [0.3, 0.4) is 0 Å². The lowest BCUT2D eigenvalue weighted by atomic mass is 10.1. The lowest BCUT2D eigenvalue weighted by Gasteiger charge is -2.05. The number of hydrogen-bond donors (Lipinski definition) is 1. The molecule has 3 aromatic heterocycles. The van der Waals surface area contributed by atoms with Crippen molar-refractivity contribution in [1.82, 2.24) is 24.9 Å². The van der Waals surface area contributed by atoms with E-state index in [0.717, 1.165) is 30.0 Å². The van der Waals surface area contributed by atoms with E-state index in [2.05, 4.69) is 25.5 Å². The van der Waals surface area contributed by atoms with Gasteiger partial charge in [-0.05, 0) is 35.9 Å². The van der Waals surface area contributed by atoms with Gasteiger partial charge in [0, 0.05) is 31.6 Å². The lowest BCUT2D eigenvalue weighted by molar-refractivity contribution is 0.424. The fourth-order valence-electron chi connectivity index (χ4n) is 2.58. The van der Waals surface area contributed by atoms with Crippen LogP contribution in [0.1, 0.15) is 11.4 Å². The van der Waals surface area contributed by atoms with E-state index in [1.807, 2.05) is 29.1 Å². The van der Waals surface area contributed by atoms with Crippen molar-refractivity contribution in [3.05, 3.63) is 78.3 Å². The summed E-state index contributed by atoms with van der Waals surface area (Å²) in [5, 5.41) is 11.4. The van der Waals surface area contributed by atoms with Crippen molar-refractivity contribution in [3.63, 3.8) is 0 Å². The van der Waals surface area contributed by atoms with Gasteiger partial charge in [0.1, 0.15) is 11.6 Å². The number of nitrogens with one attached hydrogen (secondary N) is 1. The molecule has 4 aromatic rings. The highest BCUT2D eigenvalue weighted by molar-refractivity contribution is 5.54. The van der Waals surface area contributed by atoms with E-state index in [0.29, 0.717) is 18.1 Å². The zero-order chi connectivity index (χ0) is 18.5. The first kappa shape index (κ1) is 16.9. The largest absolute Gasteiger partial charge is 0.368 e. The molecule has 0 aliphatic carbocycles. The standard InChI is InChI=1S/C19H17FN6O/c20-16-5-2-14(3-6-16)12-18-24-19(27-25-18)15-4-7-17(22-13-15)21-9-11-26-10-1-8-23-26/h1-8,10,13H,9,11-12H2,(H,21,22). The molecule has 0 atom stereocenters. The topological polar surface area (TPSA) is 81.7 Å². The van der Waals surface area contributed by atoms with Crippen molar-refractivity contribution < 1.29 is 8.91 Å². The lowest BCUT2D eigenvalue weighted by Crippen LogP contribution is -2.11. The van der Waals surface area contributed by atoms with E-state index >= 15 is 0 Å². The van der Waals surface area contributed by atoms with Gasteiger partial charge in [0.2, 0.25) is 0 Å². The highest BCUT2D eigenvalue weighted by Crippen LogP contribution is 2.18. The number of benzene rings is 1. The Kier molecular flexibility index (Phi) is 4.86. The quantitative estimate of drug-likeness (QED) is 0.542. The first-order chi connectivity index (χ1) is 13.3. The van der Waals surface area contributed by atoms with E-state index in [4.69, 9.17) is 4.52 Å². The number of hydrogen-bond acceptors (Lipinski definition) is 6. The van der Waals surface area contributed by atoms with Gasteiger partial charge in [-0.25, -0.2) is 9.37 Å². The number of rotatable bonds is 7. The van der Waals surface area contributed by atoms with Crippen LogP contribution in [-0.2, 0) is 13.0 Å². The zero-order valence-corrected chi connectivity index (χ0v) is 14.4. The molecule has 0 saturated heterocycles. The molecule has 1 aromatic carbocycles. The molecule has 7 nitrogen and oxygen atoms in total. The van der Waals surface area contributed by atoms with Gasteiger partial charge in [-0.2, -0.15) is 10.1 Å². The fraction of sp³-hybridized carbons (Fsp3) is 0.158. The highest BCUT2D eigenvalue weighted by atomic mass is 19.1. The average molecular weight is 364 g/mol. The third kappa shape index (κ3) is 4.35. The minimum Gasteiger partial charge on any atom is -0.368 e. The van der Waals surface area contributed by atoms with Crippen LogP contribution < -0.4 is 5.32 Å². The van der Waals surface area contributed by atoms with E-state index < -0.39 is 0 Å². The van der Waals surface area contributed by atoms with Crippen molar-refractivity contribution in [2.75, 3.05) is 11.9 Å². The van der Waals surface area contributed by atoms with Gasteiger partial charge in [-0.15, -0.1) is 0 Å². The van der Waals surface area contributed by atoms with Crippen molar-refractivity contribution in [3.8, 4) is 11.5 Å². The maximum Gasteiger partial charge on any atom is 0.259 e. The molecular formula is C19H17FN6O. The predicted molar refractivity (Wildman–Crippen MR) is 97.5 cm³/mol. The Morgan fingerprint density at radius 3 is 2.74 bits per heavy atom. The molecule has 0 saturated carbocycles. The van der Waals surface area contributed by atoms with Crippen LogP contribution >= 0.6 is 0 Å². The number of nitrogens with zero attached hydrogens (tertiary/aromatic N) is 5. The molecule has 0 aliphatic rings. The van der Waals surface area contributed by atoms with Crippen LogP contribution in [0.5, 0.6) is 0 Å². The van der Waals surface area contributed by atoms with Crippen molar-refractivity contribution in [2.45, 2.75) is 13.0 Å². The maximum atomic E-state index is 13.0. The van der Waals surface area contributed by atoms with Crippen LogP contribution in [0.15, 0.2) is 65.6 Å². The van der Waals surface area contributed by atoms with Crippen molar-refractivity contribution >= 4 is 5.82 Å². The Labute approximate surface area is 154 Å². The summed E-state index contributed by atoms with van der Waals surface area (Å²) in [7, 11) is 0. The molecule has 1 N–H and O–H groups in total. The first-order valence-electron chi connectivity index (χ1n) is 8.51. The SMILES string of the molecule is Fc1ccc(Cc2noc(-c3ccc(NCCn4cccn4)nc3)n2)cc1. The third-order valence-electron chi connectivity index (χ3n) is 3.96. The summed E-state index contributed by atoms with van der Waals surface area (Å²) in [6.07, 6.45) is 5.83. The molecule has 3 heterocycles. The van der Waals surface area contributed by atoms with Crippen LogP contribution in [0.2, 0.25) is 0 Å². The molecule has 0 aliphatic heterocycles. The molecule has 27 heavy (non-hydrogen) atoms. The Bertz CT molecular complexity index is 980. The summed E-state index contributed by atoms with van der Waals surface area (Å²) < 4.78 is 20.1. The molecule has 0 bridgehead atoms. The van der Waals surface area contributed by atoms with Crippen LogP contribution in [0.25, 0.3) is 11.5 Å². The molecule has 0 radical (unpaired) electrons. The van der Waals surface area contributed by atoms with Gasteiger partial charge >= 0.3 is 0 Å². The molecule has 0 fully saturated rings. The van der Waals surface area contributed by atoms with E-state index in [9.17, 15) is 4.39 Å². The number of aromatic nitrogens is 5. The summed E-state index contributed by atoms with van der Waals surface area (Å²) in [4.78, 5) is 8.75. The molecule has 8 heteroatoms. The molecular weight excluding hydrogens is 347 g/mol. The molecule has 136 valence electrons. The minimum absolute atomic E-state index is 0.267. The maximum absolute atomic E-state index is 13.0.